The summed E-state index contributed by atoms with van der Waals surface area (Å²) in [7, 11) is 3.92. The van der Waals surface area contributed by atoms with Crippen molar-refractivity contribution < 1.29 is 14.7 Å². The highest BCUT2D eigenvalue weighted by Gasteiger charge is 2.10. The summed E-state index contributed by atoms with van der Waals surface area (Å²) in [6.45, 7) is 0.197. The molecule has 1 heterocycles. The lowest BCUT2D eigenvalue weighted by molar-refractivity contribution is -0.135. The van der Waals surface area contributed by atoms with Crippen molar-refractivity contribution in [3.8, 4) is 0 Å². The van der Waals surface area contributed by atoms with Gasteiger partial charge in [0.15, 0.2) is 0 Å². The van der Waals surface area contributed by atoms with Crippen LogP contribution in [-0.2, 0) is 11.3 Å². The van der Waals surface area contributed by atoms with Crippen LogP contribution in [0.2, 0.25) is 0 Å². The molecule has 1 aromatic heterocycles. The van der Waals surface area contributed by atoms with Crippen molar-refractivity contribution in [1.29, 1.82) is 0 Å². The van der Waals surface area contributed by atoms with Crippen LogP contribution in [0.3, 0.4) is 0 Å². The van der Waals surface area contributed by atoms with Gasteiger partial charge >= 0.3 is 5.97 Å². The number of carbonyl (C=O) groups is 2. The smallest absolute Gasteiger partial charge is 0.322 e. The summed E-state index contributed by atoms with van der Waals surface area (Å²) in [5.74, 6) is -0.132. The highest BCUT2D eigenvalue weighted by molar-refractivity contribution is 5.96. The number of para-hydroxylation sites is 1. The number of carboxylic acid groups (broad SMARTS) is 1. The molecule has 0 aliphatic carbocycles. The third-order valence-electron chi connectivity index (χ3n) is 3.92. The molecule has 2 aromatic carbocycles. The Morgan fingerprint density at radius 3 is 2.43 bits per heavy atom. The summed E-state index contributed by atoms with van der Waals surface area (Å²) in [5, 5.41) is 15.2. The van der Waals surface area contributed by atoms with Gasteiger partial charge in [0.2, 0.25) is 0 Å². The lowest BCUT2D eigenvalue weighted by atomic mass is 10.2. The van der Waals surface area contributed by atoms with E-state index in [1.807, 2.05) is 43.3 Å². The number of nitrogens with zero attached hydrogens (tertiary/aromatic N) is 3. The van der Waals surface area contributed by atoms with Gasteiger partial charge in [0.25, 0.3) is 5.91 Å². The van der Waals surface area contributed by atoms with E-state index < -0.39 is 18.4 Å². The first-order chi connectivity index (χ1) is 13.4. The normalized spacial score (nSPS) is 10.8. The number of nitrogens with one attached hydrogen (secondary N) is 2. The molecule has 0 radical (unpaired) electrons. The Kier molecular flexibility index (Phi) is 5.81. The highest BCUT2D eigenvalue weighted by atomic mass is 16.4. The van der Waals surface area contributed by atoms with Gasteiger partial charge in [-0.15, -0.1) is 0 Å². The van der Waals surface area contributed by atoms with E-state index in [0.29, 0.717) is 23.8 Å². The van der Waals surface area contributed by atoms with Crippen molar-refractivity contribution in [2.24, 2.45) is 0 Å². The van der Waals surface area contributed by atoms with Crippen molar-refractivity contribution in [1.82, 2.24) is 20.2 Å². The number of benzene rings is 2. The van der Waals surface area contributed by atoms with E-state index in [1.54, 1.807) is 24.3 Å². The number of aromatic nitrogens is 2. The molecule has 3 N–H and O–H groups in total. The Hall–Kier alpha value is -3.52. The van der Waals surface area contributed by atoms with Gasteiger partial charge in [0.05, 0.1) is 12.1 Å². The van der Waals surface area contributed by atoms with E-state index in [4.69, 9.17) is 5.11 Å². The van der Waals surface area contributed by atoms with Crippen LogP contribution in [0, 0.1) is 0 Å². The molecule has 0 atom stereocenters. The van der Waals surface area contributed by atoms with E-state index in [2.05, 4.69) is 20.6 Å². The SMILES string of the molecule is CN(C)Cc1nc(Nc2ccc(C(=O)NCC(=O)O)cc2)c2ccccc2n1. The molecule has 0 saturated carbocycles. The molecule has 0 aliphatic heterocycles. The van der Waals surface area contributed by atoms with Gasteiger partial charge in [-0.05, 0) is 50.5 Å². The van der Waals surface area contributed by atoms with Gasteiger partial charge in [-0.3, -0.25) is 9.59 Å². The number of anilines is 2. The quantitative estimate of drug-likeness (QED) is 0.578. The molecular formula is C20H21N5O3. The summed E-state index contributed by atoms with van der Waals surface area (Å²) >= 11 is 0. The van der Waals surface area contributed by atoms with Crippen molar-refractivity contribution in [2.75, 3.05) is 26.0 Å². The number of carbonyl (C=O) groups excluding carboxylic acids is 1. The summed E-state index contributed by atoms with van der Waals surface area (Å²) in [6, 6.07) is 14.5. The van der Waals surface area contributed by atoms with Gasteiger partial charge in [-0.25, -0.2) is 9.97 Å². The van der Waals surface area contributed by atoms with Crippen LogP contribution in [0.25, 0.3) is 10.9 Å². The molecular weight excluding hydrogens is 358 g/mol. The molecule has 0 spiro atoms. The standard InChI is InChI=1S/C20H21N5O3/c1-25(2)12-17-23-16-6-4-3-5-15(16)19(24-17)22-14-9-7-13(8-10-14)20(28)21-11-18(26)27/h3-10H,11-12H2,1-2H3,(H,21,28)(H,26,27)(H,22,23,24). The van der Waals surface area contributed by atoms with Crippen LogP contribution in [-0.4, -0.2) is 52.5 Å². The average Bonchev–Trinajstić information content (AvgIpc) is 2.66. The fourth-order valence-corrected chi connectivity index (χ4v) is 2.67. The van der Waals surface area contributed by atoms with Crippen molar-refractivity contribution in [3.05, 3.63) is 59.9 Å². The minimum Gasteiger partial charge on any atom is -0.480 e. The second-order valence-electron chi connectivity index (χ2n) is 6.52. The molecule has 0 fully saturated rings. The number of carboxylic acids is 1. The molecule has 28 heavy (non-hydrogen) atoms. The van der Waals surface area contributed by atoms with Gasteiger partial charge < -0.3 is 20.6 Å². The Bertz CT molecular complexity index is 1000. The third-order valence-corrected chi connectivity index (χ3v) is 3.92. The largest absolute Gasteiger partial charge is 0.480 e. The fourth-order valence-electron chi connectivity index (χ4n) is 2.67. The third kappa shape index (κ3) is 4.80. The van der Waals surface area contributed by atoms with E-state index >= 15 is 0 Å². The molecule has 3 aromatic rings. The summed E-state index contributed by atoms with van der Waals surface area (Å²) in [6.07, 6.45) is 0. The Balaban J connectivity index is 1.83. The maximum Gasteiger partial charge on any atom is 0.322 e. The molecule has 3 rings (SSSR count). The van der Waals surface area contributed by atoms with Gasteiger partial charge in [0.1, 0.15) is 18.2 Å². The fraction of sp³-hybridized carbons (Fsp3) is 0.200. The molecule has 0 unspecified atom stereocenters. The lowest BCUT2D eigenvalue weighted by Crippen LogP contribution is -2.29. The number of hydrogen-bond acceptors (Lipinski definition) is 6. The minimum absolute atomic E-state index is 0.382. The van der Waals surface area contributed by atoms with E-state index in [9.17, 15) is 9.59 Å². The predicted octanol–water partition coefficient (Wildman–Crippen LogP) is 2.25. The maximum absolute atomic E-state index is 11.9. The molecule has 0 bridgehead atoms. The number of rotatable bonds is 7. The van der Waals surface area contributed by atoms with E-state index in [-0.39, 0.29) is 0 Å². The zero-order valence-electron chi connectivity index (χ0n) is 15.6. The van der Waals surface area contributed by atoms with Crippen LogP contribution in [0.5, 0.6) is 0 Å². The number of amides is 1. The zero-order chi connectivity index (χ0) is 20.1. The summed E-state index contributed by atoms with van der Waals surface area (Å²) in [4.78, 5) is 33.7. The monoisotopic (exact) mass is 379 g/mol. The first kappa shape index (κ1) is 19.2. The topological polar surface area (TPSA) is 107 Å². The Labute approximate surface area is 162 Å². The zero-order valence-corrected chi connectivity index (χ0v) is 15.6. The summed E-state index contributed by atoms with van der Waals surface area (Å²) in [5.41, 5.74) is 1.99. The molecule has 8 heteroatoms. The van der Waals surface area contributed by atoms with E-state index in [0.717, 1.165) is 16.6 Å². The van der Waals surface area contributed by atoms with Crippen LogP contribution in [0.15, 0.2) is 48.5 Å². The Morgan fingerprint density at radius 2 is 1.75 bits per heavy atom. The van der Waals surface area contributed by atoms with Gasteiger partial charge in [-0.1, -0.05) is 12.1 Å². The molecule has 0 saturated heterocycles. The van der Waals surface area contributed by atoms with Crippen LogP contribution in [0.4, 0.5) is 11.5 Å². The first-order valence-electron chi connectivity index (χ1n) is 8.70. The second-order valence-corrected chi connectivity index (χ2v) is 6.52. The van der Waals surface area contributed by atoms with Crippen LogP contribution < -0.4 is 10.6 Å². The molecule has 0 aliphatic rings. The maximum atomic E-state index is 11.9. The van der Waals surface area contributed by atoms with Crippen LogP contribution in [0.1, 0.15) is 16.2 Å². The van der Waals surface area contributed by atoms with Crippen molar-refractivity contribution >= 4 is 34.3 Å². The Morgan fingerprint density at radius 1 is 1.04 bits per heavy atom. The molecule has 8 nitrogen and oxygen atoms in total. The highest BCUT2D eigenvalue weighted by Crippen LogP contribution is 2.24. The van der Waals surface area contributed by atoms with Gasteiger partial charge in [0, 0.05) is 16.6 Å². The number of aliphatic carboxylic acids is 1. The van der Waals surface area contributed by atoms with Crippen LogP contribution >= 0.6 is 0 Å². The lowest BCUT2D eigenvalue weighted by Gasteiger charge is -2.13. The number of fused-ring (bicyclic) bond motifs is 1. The van der Waals surface area contributed by atoms with Crippen molar-refractivity contribution in [2.45, 2.75) is 6.54 Å². The van der Waals surface area contributed by atoms with Crippen molar-refractivity contribution in [3.63, 3.8) is 0 Å². The molecule has 144 valence electrons. The average molecular weight is 379 g/mol. The minimum atomic E-state index is -1.09. The van der Waals surface area contributed by atoms with E-state index in [1.165, 1.54) is 0 Å². The second kappa shape index (κ2) is 8.45. The molecule has 1 amide bonds. The summed E-state index contributed by atoms with van der Waals surface area (Å²) < 4.78 is 0. The first-order valence-corrected chi connectivity index (χ1v) is 8.70. The predicted molar refractivity (Wildman–Crippen MR) is 107 cm³/mol. The number of hydrogen-bond donors (Lipinski definition) is 3. The van der Waals surface area contributed by atoms with Gasteiger partial charge in [-0.2, -0.15) is 0 Å².